The predicted molar refractivity (Wildman–Crippen MR) is 109 cm³/mol. The first kappa shape index (κ1) is 20.5. The minimum atomic E-state index is -0.611. The highest BCUT2D eigenvalue weighted by Gasteiger charge is 2.13. The fourth-order valence-corrected chi connectivity index (χ4v) is 2.76. The van der Waals surface area contributed by atoms with Crippen LogP contribution >= 0.6 is 23.2 Å². The number of esters is 1. The molecular formula is C21H13Cl2FN2O3. The molecule has 3 aromatic carbocycles. The number of hydrogen-bond donors (Lipinski definition) is 1. The Morgan fingerprint density at radius 2 is 1.66 bits per heavy atom. The Bertz CT molecular complexity index is 1070. The third-order valence-corrected chi connectivity index (χ3v) is 4.28. The summed E-state index contributed by atoms with van der Waals surface area (Å²) in [6.45, 7) is 0. The van der Waals surface area contributed by atoms with Gasteiger partial charge in [-0.3, -0.25) is 4.79 Å². The summed E-state index contributed by atoms with van der Waals surface area (Å²) >= 11 is 11.8. The summed E-state index contributed by atoms with van der Waals surface area (Å²) in [5.41, 5.74) is 3.49. The van der Waals surface area contributed by atoms with Crippen molar-refractivity contribution in [1.29, 1.82) is 0 Å². The van der Waals surface area contributed by atoms with E-state index in [0.29, 0.717) is 16.3 Å². The summed E-state index contributed by atoms with van der Waals surface area (Å²) in [6.07, 6.45) is 1.42. The summed E-state index contributed by atoms with van der Waals surface area (Å²) in [6, 6.07) is 16.0. The molecule has 0 spiro atoms. The van der Waals surface area contributed by atoms with Crippen LogP contribution in [0.3, 0.4) is 0 Å². The molecule has 0 aliphatic carbocycles. The molecule has 0 bridgehead atoms. The second kappa shape index (κ2) is 9.32. The summed E-state index contributed by atoms with van der Waals surface area (Å²) < 4.78 is 18.1. The van der Waals surface area contributed by atoms with Crippen LogP contribution in [0.15, 0.2) is 71.8 Å². The van der Waals surface area contributed by atoms with E-state index in [0.717, 1.165) is 0 Å². The van der Waals surface area contributed by atoms with Crippen LogP contribution in [0.25, 0.3) is 0 Å². The molecule has 29 heavy (non-hydrogen) atoms. The Kier molecular flexibility index (Phi) is 6.59. The third-order valence-electron chi connectivity index (χ3n) is 3.73. The quantitative estimate of drug-likeness (QED) is 0.264. The maximum absolute atomic E-state index is 12.9. The molecule has 3 aromatic rings. The van der Waals surface area contributed by atoms with Crippen molar-refractivity contribution in [1.82, 2.24) is 5.43 Å². The fourth-order valence-electron chi connectivity index (χ4n) is 2.27. The molecule has 0 atom stereocenters. The SMILES string of the molecule is O=C(NN=Cc1ccc(OC(=O)c2ccc(Cl)cc2Cl)cc1)c1ccc(F)cc1. The summed E-state index contributed by atoms with van der Waals surface area (Å²) in [5.74, 6) is -1.19. The number of nitrogens with one attached hydrogen (secondary N) is 1. The van der Waals surface area contributed by atoms with E-state index in [1.165, 1.54) is 42.6 Å². The Hall–Kier alpha value is -3.22. The number of hydrazone groups is 1. The normalized spacial score (nSPS) is 10.7. The van der Waals surface area contributed by atoms with Gasteiger partial charge in [0.05, 0.1) is 16.8 Å². The first-order valence-corrected chi connectivity index (χ1v) is 9.04. The molecular weight excluding hydrogens is 418 g/mol. The number of nitrogens with zero attached hydrogens (tertiary/aromatic N) is 1. The molecule has 1 N–H and O–H groups in total. The van der Waals surface area contributed by atoms with Crippen molar-refractivity contribution in [3.8, 4) is 5.75 Å². The van der Waals surface area contributed by atoms with Crippen LogP contribution in [0.1, 0.15) is 26.3 Å². The molecule has 5 nitrogen and oxygen atoms in total. The molecule has 1 amide bonds. The Morgan fingerprint density at radius 3 is 2.31 bits per heavy atom. The highest BCUT2D eigenvalue weighted by atomic mass is 35.5. The molecule has 146 valence electrons. The molecule has 0 heterocycles. The lowest BCUT2D eigenvalue weighted by molar-refractivity contribution is 0.0734. The van der Waals surface area contributed by atoms with Crippen molar-refractivity contribution in [2.75, 3.05) is 0 Å². The van der Waals surface area contributed by atoms with Crippen molar-refractivity contribution in [3.05, 3.63) is 99.3 Å². The maximum atomic E-state index is 12.9. The molecule has 0 fully saturated rings. The van der Waals surface area contributed by atoms with E-state index < -0.39 is 17.7 Å². The van der Waals surface area contributed by atoms with Gasteiger partial charge < -0.3 is 4.74 Å². The van der Waals surface area contributed by atoms with Crippen LogP contribution in [-0.2, 0) is 0 Å². The number of halogens is 3. The fraction of sp³-hybridized carbons (Fsp3) is 0. The number of carbonyl (C=O) groups excluding carboxylic acids is 2. The van der Waals surface area contributed by atoms with E-state index in [1.807, 2.05) is 0 Å². The molecule has 0 saturated heterocycles. The number of ether oxygens (including phenoxy) is 1. The van der Waals surface area contributed by atoms with Gasteiger partial charge in [-0.15, -0.1) is 0 Å². The maximum Gasteiger partial charge on any atom is 0.345 e. The minimum absolute atomic E-state index is 0.197. The average molecular weight is 431 g/mol. The molecule has 0 unspecified atom stereocenters. The number of hydrogen-bond acceptors (Lipinski definition) is 4. The van der Waals surface area contributed by atoms with Crippen LogP contribution in [0.5, 0.6) is 5.75 Å². The van der Waals surface area contributed by atoms with Gasteiger partial charge in [-0.25, -0.2) is 14.6 Å². The number of amides is 1. The zero-order valence-corrected chi connectivity index (χ0v) is 16.2. The predicted octanol–water partition coefficient (Wildman–Crippen LogP) is 5.12. The monoisotopic (exact) mass is 430 g/mol. The minimum Gasteiger partial charge on any atom is -0.423 e. The van der Waals surface area contributed by atoms with Crippen LogP contribution in [0.2, 0.25) is 10.0 Å². The van der Waals surface area contributed by atoms with Gasteiger partial charge in [-0.05, 0) is 72.3 Å². The highest BCUT2D eigenvalue weighted by molar-refractivity contribution is 6.36. The molecule has 3 rings (SSSR count). The summed E-state index contributed by atoms with van der Waals surface area (Å²) in [4.78, 5) is 24.1. The zero-order valence-electron chi connectivity index (χ0n) is 14.7. The lowest BCUT2D eigenvalue weighted by Gasteiger charge is -2.06. The smallest absolute Gasteiger partial charge is 0.345 e. The zero-order chi connectivity index (χ0) is 20.8. The van der Waals surface area contributed by atoms with Crippen LogP contribution in [-0.4, -0.2) is 18.1 Å². The second-order valence-electron chi connectivity index (χ2n) is 5.79. The summed E-state index contributed by atoms with van der Waals surface area (Å²) in [7, 11) is 0. The van der Waals surface area contributed by atoms with Crippen molar-refractivity contribution >= 4 is 41.3 Å². The molecule has 0 aliphatic heterocycles. The van der Waals surface area contributed by atoms with E-state index in [1.54, 1.807) is 30.3 Å². The topological polar surface area (TPSA) is 67.8 Å². The average Bonchev–Trinajstić information content (AvgIpc) is 2.69. The highest BCUT2D eigenvalue weighted by Crippen LogP contribution is 2.23. The van der Waals surface area contributed by atoms with Crippen molar-refractivity contribution < 1.29 is 18.7 Å². The van der Waals surface area contributed by atoms with Gasteiger partial charge in [0, 0.05) is 10.6 Å². The van der Waals surface area contributed by atoms with Gasteiger partial charge in [-0.1, -0.05) is 23.2 Å². The molecule has 0 aromatic heterocycles. The van der Waals surface area contributed by atoms with E-state index in [4.69, 9.17) is 27.9 Å². The Labute approximate surface area is 175 Å². The summed E-state index contributed by atoms with van der Waals surface area (Å²) in [5, 5.41) is 4.46. The van der Waals surface area contributed by atoms with Crippen LogP contribution < -0.4 is 10.2 Å². The standard InChI is InChI=1S/C21H13Cl2FN2O3/c22-15-5-10-18(19(23)11-15)21(28)29-17-8-1-13(2-9-17)12-25-26-20(27)14-3-6-16(24)7-4-14/h1-12H,(H,26,27). The third kappa shape index (κ3) is 5.63. The van der Waals surface area contributed by atoms with Crippen molar-refractivity contribution in [2.24, 2.45) is 5.10 Å². The van der Waals surface area contributed by atoms with Crippen LogP contribution in [0.4, 0.5) is 4.39 Å². The van der Waals surface area contributed by atoms with Gasteiger partial charge in [0.1, 0.15) is 11.6 Å². The van der Waals surface area contributed by atoms with E-state index in [-0.39, 0.29) is 16.1 Å². The second-order valence-corrected chi connectivity index (χ2v) is 6.63. The Balaban J connectivity index is 1.58. The van der Waals surface area contributed by atoms with Gasteiger partial charge in [0.25, 0.3) is 5.91 Å². The number of rotatable bonds is 5. The van der Waals surface area contributed by atoms with Crippen molar-refractivity contribution in [3.63, 3.8) is 0 Å². The lowest BCUT2D eigenvalue weighted by Crippen LogP contribution is -2.17. The van der Waals surface area contributed by atoms with Gasteiger partial charge in [0.15, 0.2) is 0 Å². The van der Waals surface area contributed by atoms with E-state index in [9.17, 15) is 14.0 Å². The Morgan fingerprint density at radius 1 is 0.966 bits per heavy atom. The molecule has 8 heteroatoms. The molecule has 0 saturated carbocycles. The molecule has 0 radical (unpaired) electrons. The van der Waals surface area contributed by atoms with E-state index in [2.05, 4.69) is 10.5 Å². The van der Waals surface area contributed by atoms with Crippen LogP contribution in [0, 0.1) is 5.82 Å². The largest absolute Gasteiger partial charge is 0.423 e. The van der Waals surface area contributed by atoms with Gasteiger partial charge >= 0.3 is 5.97 Å². The van der Waals surface area contributed by atoms with Gasteiger partial charge in [-0.2, -0.15) is 5.10 Å². The first-order valence-electron chi connectivity index (χ1n) is 8.28. The van der Waals surface area contributed by atoms with Crippen molar-refractivity contribution in [2.45, 2.75) is 0 Å². The van der Waals surface area contributed by atoms with E-state index >= 15 is 0 Å². The lowest BCUT2D eigenvalue weighted by atomic mass is 10.2. The number of benzene rings is 3. The van der Waals surface area contributed by atoms with Gasteiger partial charge in [0.2, 0.25) is 0 Å². The first-order chi connectivity index (χ1) is 13.9. The molecule has 0 aliphatic rings. The number of carbonyl (C=O) groups is 2.